The number of aliphatic carboxylic acids is 1. The van der Waals surface area contributed by atoms with Gasteiger partial charge in [-0.1, -0.05) is 60.3 Å². The third-order valence-corrected chi connectivity index (χ3v) is 12.1. The molecule has 0 saturated heterocycles. The van der Waals surface area contributed by atoms with Gasteiger partial charge in [0.25, 0.3) is 11.8 Å². The summed E-state index contributed by atoms with van der Waals surface area (Å²) in [5.74, 6) is -5.09. The number of nitrogens with two attached hydrogens (primary N) is 2. The Balaban J connectivity index is 0.000000197. The van der Waals surface area contributed by atoms with E-state index in [-0.39, 0.29) is 81.6 Å². The molecule has 2 aliphatic carbocycles. The van der Waals surface area contributed by atoms with Crippen LogP contribution in [0.5, 0.6) is 0 Å². The number of nitrogens with zero attached hydrogens (tertiary/aromatic N) is 5. The number of ether oxygens (including phenoxy) is 1. The summed E-state index contributed by atoms with van der Waals surface area (Å²) in [6.07, 6.45) is 5.45. The zero-order valence-corrected chi connectivity index (χ0v) is 40.6. The van der Waals surface area contributed by atoms with Crippen molar-refractivity contribution >= 4 is 92.3 Å². The Bertz CT molecular complexity index is 3120. The molecule has 0 bridgehead atoms. The van der Waals surface area contributed by atoms with Crippen LogP contribution in [0.15, 0.2) is 72.8 Å². The van der Waals surface area contributed by atoms with Gasteiger partial charge < -0.3 is 42.0 Å². The molecule has 8 N–H and O–H groups in total. The first kappa shape index (κ1) is 54.5. The first-order valence-electron chi connectivity index (χ1n) is 22.5. The summed E-state index contributed by atoms with van der Waals surface area (Å²) >= 11 is 11.4. The van der Waals surface area contributed by atoms with E-state index in [1.54, 1.807) is 18.2 Å². The Hall–Kier alpha value is -7.82. The number of carbonyl (C=O) groups excluding carboxylic acids is 7. The maximum absolute atomic E-state index is 14.1. The van der Waals surface area contributed by atoms with E-state index < -0.39 is 66.1 Å². The molecule has 2 saturated carbocycles. The lowest BCUT2D eigenvalue weighted by atomic mass is 10.1. The van der Waals surface area contributed by atoms with Crippen molar-refractivity contribution in [1.29, 1.82) is 0 Å². The minimum absolute atomic E-state index is 0.0173. The van der Waals surface area contributed by atoms with Crippen molar-refractivity contribution in [3.8, 4) is 0 Å². The SMILES string of the molecule is COC(=O)c1ccc2c(c1)c(C(N)=O)nn2CC(=O)O.NC(=O)c1nn(CC(=O)N(CC(=O)NCc2cccc(Cl)c2F)C2CC2)c2ccc(C(=O)CO)cc12.O=C(CCC1CC1)NCc1cccc(Cl)c1F. The number of ketones is 1. The molecular formula is C49H49Cl2F2N9O11. The van der Waals surface area contributed by atoms with Crippen molar-refractivity contribution in [3.63, 3.8) is 0 Å². The molecule has 6 aromatic rings. The van der Waals surface area contributed by atoms with Crippen LogP contribution in [0.2, 0.25) is 10.0 Å². The second-order valence-corrected chi connectivity index (χ2v) is 17.7. The van der Waals surface area contributed by atoms with Gasteiger partial charge in [-0.15, -0.1) is 0 Å². The zero-order chi connectivity index (χ0) is 53.1. The van der Waals surface area contributed by atoms with Crippen LogP contribution >= 0.6 is 23.2 Å². The van der Waals surface area contributed by atoms with Gasteiger partial charge in [0.2, 0.25) is 17.7 Å². The number of carbonyl (C=O) groups is 8. The van der Waals surface area contributed by atoms with Gasteiger partial charge in [-0.3, -0.25) is 42.9 Å². The maximum atomic E-state index is 14.1. The van der Waals surface area contributed by atoms with E-state index in [0.717, 1.165) is 29.9 Å². The van der Waals surface area contributed by atoms with E-state index in [4.69, 9.17) is 44.9 Å². The maximum Gasteiger partial charge on any atom is 0.337 e. The molecule has 2 heterocycles. The predicted molar refractivity (Wildman–Crippen MR) is 260 cm³/mol. The number of aromatic nitrogens is 4. The molecule has 0 aliphatic heterocycles. The summed E-state index contributed by atoms with van der Waals surface area (Å²) in [7, 11) is 1.23. The van der Waals surface area contributed by atoms with Crippen molar-refractivity contribution in [2.75, 3.05) is 20.3 Å². The number of methoxy groups -OCH3 is 1. The van der Waals surface area contributed by atoms with Crippen molar-refractivity contribution in [1.82, 2.24) is 35.1 Å². The van der Waals surface area contributed by atoms with Crippen molar-refractivity contribution in [2.24, 2.45) is 17.4 Å². The highest BCUT2D eigenvalue weighted by atomic mass is 35.5. The van der Waals surface area contributed by atoms with E-state index >= 15 is 0 Å². The number of rotatable bonds is 19. The first-order valence-corrected chi connectivity index (χ1v) is 23.3. The molecule has 4 aromatic carbocycles. The summed E-state index contributed by atoms with van der Waals surface area (Å²) in [4.78, 5) is 96.0. The average Bonchev–Trinajstić information content (AvgIpc) is 4.32. The number of halogens is 4. The number of hydrogen-bond acceptors (Lipinski definition) is 12. The third-order valence-electron chi connectivity index (χ3n) is 11.5. The lowest BCUT2D eigenvalue weighted by Gasteiger charge is -2.22. The van der Waals surface area contributed by atoms with Gasteiger partial charge in [0.15, 0.2) is 17.2 Å². The Morgan fingerprint density at radius 2 is 1.25 bits per heavy atom. The van der Waals surface area contributed by atoms with Gasteiger partial charge in [-0.05, 0) is 73.7 Å². The molecule has 20 nitrogen and oxygen atoms in total. The van der Waals surface area contributed by atoms with Crippen molar-refractivity contribution in [3.05, 3.63) is 128 Å². The molecule has 0 atom stereocenters. The monoisotopic (exact) mass is 1050 g/mol. The molecule has 0 radical (unpaired) electrons. The quantitative estimate of drug-likeness (QED) is 0.0474. The molecule has 0 spiro atoms. The van der Waals surface area contributed by atoms with E-state index in [1.165, 1.54) is 84.1 Å². The van der Waals surface area contributed by atoms with Crippen molar-refractivity contribution < 1.29 is 62.1 Å². The van der Waals surface area contributed by atoms with E-state index in [9.17, 15) is 47.1 Å². The van der Waals surface area contributed by atoms with Crippen LogP contribution in [-0.2, 0) is 50.1 Å². The van der Waals surface area contributed by atoms with Crippen molar-refractivity contribution in [2.45, 2.75) is 70.7 Å². The van der Waals surface area contributed by atoms with E-state index in [1.807, 2.05) is 0 Å². The lowest BCUT2D eigenvalue weighted by Crippen LogP contribution is -2.43. The highest BCUT2D eigenvalue weighted by Gasteiger charge is 2.34. The van der Waals surface area contributed by atoms with Gasteiger partial charge in [0.1, 0.15) is 31.3 Å². The highest BCUT2D eigenvalue weighted by Crippen LogP contribution is 2.33. The Morgan fingerprint density at radius 1 is 0.740 bits per heavy atom. The fourth-order valence-electron chi connectivity index (χ4n) is 7.43. The fraction of sp³-hybridized carbons (Fsp3) is 0.306. The number of esters is 1. The van der Waals surface area contributed by atoms with Crippen LogP contribution in [0.3, 0.4) is 0 Å². The number of Topliss-reactive ketones (excluding diaryl/α,β-unsaturated/α-hetero) is 1. The van der Waals surface area contributed by atoms with Crippen LogP contribution < -0.4 is 22.1 Å². The number of benzene rings is 4. The van der Waals surface area contributed by atoms with Crippen LogP contribution in [-0.4, -0.2) is 108 Å². The number of fused-ring (bicyclic) bond motifs is 2. The van der Waals surface area contributed by atoms with Gasteiger partial charge in [-0.2, -0.15) is 10.2 Å². The smallest absolute Gasteiger partial charge is 0.337 e. The number of nitrogens with one attached hydrogen (secondary N) is 2. The predicted octanol–water partition coefficient (Wildman–Crippen LogP) is 4.70. The number of carboxylic acids is 1. The zero-order valence-electron chi connectivity index (χ0n) is 39.0. The molecule has 2 fully saturated rings. The molecule has 0 unspecified atom stereocenters. The largest absolute Gasteiger partial charge is 0.480 e. The summed E-state index contributed by atoms with van der Waals surface area (Å²) in [5, 5.41) is 31.9. The van der Waals surface area contributed by atoms with Crippen LogP contribution in [0.1, 0.15) is 91.3 Å². The third kappa shape index (κ3) is 14.4. The van der Waals surface area contributed by atoms with Gasteiger partial charge in [-0.25, -0.2) is 13.6 Å². The summed E-state index contributed by atoms with van der Waals surface area (Å²) < 4.78 is 34.6. The Morgan fingerprint density at radius 3 is 1.73 bits per heavy atom. The number of aliphatic hydroxyl groups excluding tert-OH is 1. The molecule has 2 aromatic heterocycles. The number of carboxylic acid groups (broad SMARTS) is 1. The minimum Gasteiger partial charge on any atom is -0.480 e. The molecule has 24 heteroatoms. The fourth-order valence-corrected chi connectivity index (χ4v) is 7.81. The molecule has 384 valence electrons. The second kappa shape index (κ2) is 24.5. The van der Waals surface area contributed by atoms with Crippen LogP contribution in [0, 0.1) is 17.6 Å². The normalized spacial score (nSPS) is 12.7. The number of amides is 5. The number of aliphatic hydroxyl groups is 1. The molecular weight excluding hydrogens is 999 g/mol. The number of primary amides is 2. The van der Waals surface area contributed by atoms with Gasteiger partial charge in [0, 0.05) is 53.0 Å². The molecule has 2 aliphatic rings. The summed E-state index contributed by atoms with van der Waals surface area (Å²) in [5.41, 5.74) is 12.3. The minimum atomic E-state index is -1.11. The Kier molecular flexibility index (Phi) is 18.3. The summed E-state index contributed by atoms with van der Waals surface area (Å²) in [6.45, 7) is -1.51. The Labute approximate surface area is 424 Å². The molecule has 73 heavy (non-hydrogen) atoms. The van der Waals surface area contributed by atoms with E-state index in [0.29, 0.717) is 28.4 Å². The first-order chi connectivity index (χ1) is 34.8. The van der Waals surface area contributed by atoms with Crippen LogP contribution in [0.25, 0.3) is 21.8 Å². The number of hydrogen-bond donors (Lipinski definition) is 6. The summed E-state index contributed by atoms with van der Waals surface area (Å²) in [6, 6.07) is 17.9. The lowest BCUT2D eigenvalue weighted by molar-refractivity contribution is -0.138. The second-order valence-electron chi connectivity index (χ2n) is 16.9. The molecule has 5 amide bonds. The highest BCUT2D eigenvalue weighted by molar-refractivity contribution is 6.31. The van der Waals surface area contributed by atoms with Crippen LogP contribution in [0.4, 0.5) is 8.78 Å². The van der Waals surface area contributed by atoms with E-state index in [2.05, 4.69) is 25.6 Å². The van der Waals surface area contributed by atoms with Gasteiger partial charge >= 0.3 is 11.9 Å². The standard InChI is InChI=1S/C24H23ClFN5O5.C13H15ClFNO.C12H11N3O5/c25-17-3-1-2-14(22(17)26)9-28-20(34)10-30(15-5-6-15)21(35)11-31-18-7-4-13(19(33)12-32)8-16(18)23(29-31)24(27)36;14-11-3-1-2-10(13(11)15)8-16-12(17)7-6-9-4-5-9;1-20-12(19)6-2-3-8-7(4-6)10(11(13)18)14-15(8)5-9(16)17/h1-4,7-8,15,32H,5-6,9-12H2,(H2,27,36)(H,28,34);1-3,9H,4-8H2,(H,16,17);2-4H,5H2,1H3,(H2,13,18)(H,16,17). The molecule has 8 rings (SSSR count). The topological polar surface area (TPSA) is 301 Å². The van der Waals surface area contributed by atoms with Gasteiger partial charge in [0.05, 0.1) is 40.3 Å². The average molecular weight is 1050 g/mol.